The number of halogens is 3. The average Bonchev–Trinajstić information content (AvgIpc) is 3.34. The number of nitrogens with one attached hydrogen (secondary N) is 1. The Kier molecular flexibility index (Phi) is 6.50. The van der Waals surface area contributed by atoms with E-state index in [-0.39, 0.29) is 27.1 Å². The zero-order valence-electron chi connectivity index (χ0n) is 15.8. The number of hydrogen-bond acceptors (Lipinski definition) is 4. The third kappa shape index (κ3) is 4.80. The number of nitrogens with zero attached hydrogens (tertiary/aromatic N) is 5. The summed E-state index contributed by atoms with van der Waals surface area (Å²) in [6.45, 7) is 2.17. The molecule has 1 N–H and O–H groups in total. The fraction of sp³-hybridized carbons (Fsp3) is 0.200. The molecule has 0 saturated carbocycles. The SMILES string of the molecule is CC(C[I-]c1nnc(-c2ccc(I)cc2)n1C)c1nc(-c2cccc(Cl)c2)n[nH]1. The zero-order chi connectivity index (χ0) is 20.4. The Labute approximate surface area is 197 Å². The van der Waals surface area contributed by atoms with Crippen LogP contribution in [0, 0.1) is 7.40 Å². The first kappa shape index (κ1) is 20.7. The third-order valence-corrected chi connectivity index (χ3v) is 8.74. The number of hydrogen-bond donors (Lipinski definition) is 1. The Balaban J connectivity index is 1.44. The molecule has 1 atom stereocenters. The van der Waals surface area contributed by atoms with Crippen molar-refractivity contribution in [2.75, 3.05) is 4.43 Å². The van der Waals surface area contributed by atoms with Crippen LogP contribution in [0.2, 0.25) is 5.02 Å². The quantitative estimate of drug-likeness (QED) is 0.259. The number of benzene rings is 2. The fourth-order valence-electron chi connectivity index (χ4n) is 2.79. The number of aromatic nitrogens is 6. The first-order chi connectivity index (χ1) is 14.0. The number of aromatic amines is 1. The van der Waals surface area contributed by atoms with Crippen LogP contribution in [0.5, 0.6) is 0 Å². The number of rotatable bonds is 6. The molecule has 0 bridgehead atoms. The maximum atomic E-state index is 6.07. The second-order valence-corrected chi connectivity index (χ2v) is 10.9. The van der Waals surface area contributed by atoms with E-state index in [1.807, 2.05) is 31.3 Å². The van der Waals surface area contributed by atoms with Gasteiger partial charge in [0.1, 0.15) is 0 Å². The van der Waals surface area contributed by atoms with Crippen molar-refractivity contribution in [2.45, 2.75) is 12.8 Å². The van der Waals surface area contributed by atoms with Gasteiger partial charge in [0.2, 0.25) is 0 Å². The average molecular weight is 632 g/mol. The summed E-state index contributed by atoms with van der Waals surface area (Å²) in [6, 6.07) is 15.9. The molecule has 9 heteroatoms. The van der Waals surface area contributed by atoms with Gasteiger partial charge in [0, 0.05) is 0 Å². The van der Waals surface area contributed by atoms with Gasteiger partial charge in [-0.05, 0) is 0 Å². The van der Waals surface area contributed by atoms with E-state index >= 15 is 0 Å². The van der Waals surface area contributed by atoms with E-state index in [0.717, 1.165) is 31.0 Å². The Bertz CT molecular complexity index is 1120. The van der Waals surface area contributed by atoms with Gasteiger partial charge in [0.25, 0.3) is 0 Å². The van der Waals surface area contributed by atoms with Crippen LogP contribution in [-0.2, 0) is 7.05 Å². The normalized spacial score (nSPS) is 12.4. The first-order valence-electron chi connectivity index (χ1n) is 8.94. The predicted octanol–water partition coefficient (Wildman–Crippen LogP) is 1.59. The maximum absolute atomic E-state index is 6.07. The zero-order valence-corrected chi connectivity index (χ0v) is 20.8. The van der Waals surface area contributed by atoms with Gasteiger partial charge < -0.3 is 0 Å². The van der Waals surface area contributed by atoms with Crippen molar-refractivity contribution in [3.8, 4) is 22.8 Å². The van der Waals surface area contributed by atoms with Gasteiger partial charge in [-0.1, -0.05) is 0 Å². The summed E-state index contributed by atoms with van der Waals surface area (Å²) in [5.41, 5.74) is 2.00. The van der Waals surface area contributed by atoms with Gasteiger partial charge in [-0.25, -0.2) is 0 Å². The molecule has 2 heterocycles. The van der Waals surface area contributed by atoms with Gasteiger partial charge in [-0.15, -0.1) is 0 Å². The minimum absolute atomic E-state index is 0.265. The van der Waals surface area contributed by atoms with E-state index in [1.165, 1.54) is 3.57 Å². The third-order valence-electron chi connectivity index (χ3n) is 4.40. The monoisotopic (exact) mass is 631 g/mol. The van der Waals surface area contributed by atoms with E-state index in [0.29, 0.717) is 10.8 Å². The molecule has 0 aliphatic rings. The van der Waals surface area contributed by atoms with Crippen molar-refractivity contribution in [3.05, 3.63) is 66.8 Å². The molecule has 150 valence electrons. The molecule has 1 unspecified atom stereocenters. The summed E-state index contributed by atoms with van der Waals surface area (Å²) in [5, 5.41) is 17.0. The molecule has 29 heavy (non-hydrogen) atoms. The molecular weight excluding hydrogens is 614 g/mol. The van der Waals surface area contributed by atoms with Gasteiger partial charge in [0.15, 0.2) is 0 Å². The Hall–Kier alpha value is -1.53. The van der Waals surface area contributed by atoms with Gasteiger partial charge in [-0.3, -0.25) is 0 Å². The van der Waals surface area contributed by atoms with Crippen LogP contribution < -0.4 is 21.2 Å². The van der Waals surface area contributed by atoms with Crippen LogP contribution in [0.25, 0.3) is 22.8 Å². The van der Waals surface area contributed by atoms with Crippen LogP contribution in [0.3, 0.4) is 0 Å². The van der Waals surface area contributed by atoms with E-state index in [4.69, 9.17) is 11.6 Å². The van der Waals surface area contributed by atoms with E-state index < -0.39 is 0 Å². The molecule has 0 saturated heterocycles. The summed E-state index contributed by atoms with van der Waals surface area (Å²) in [5.74, 6) is 2.74. The standard InChI is InChI=1S/C20H18ClI2N6/c1-12(17-24-18(26-25-17)14-4-3-5-15(21)10-14)11-23-20-28-27-19(29(20)2)13-6-8-16(22)9-7-13/h3-10,12H,11H2,1-2H3,(H,24,25,26)/q-1. The molecular formula is C20H18ClI2N6-. The van der Waals surface area contributed by atoms with Gasteiger partial charge in [0.05, 0.1) is 0 Å². The summed E-state index contributed by atoms with van der Waals surface area (Å²) >= 11 is 8.07. The molecule has 4 aromatic rings. The second-order valence-electron chi connectivity index (χ2n) is 6.60. The summed E-state index contributed by atoms with van der Waals surface area (Å²) in [4.78, 5) is 4.67. The molecule has 0 spiro atoms. The molecule has 0 fully saturated rings. The van der Waals surface area contributed by atoms with E-state index in [2.05, 4.69) is 83.7 Å². The van der Waals surface area contributed by atoms with Crippen LogP contribution in [-0.4, -0.2) is 34.4 Å². The summed E-state index contributed by atoms with van der Waals surface area (Å²) < 4.78 is 5.39. The summed E-state index contributed by atoms with van der Waals surface area (Å²) in [6.07, 6.45) is 0. The number of H-pyrrole nitrogens is 1. The molecule has 6 nitrogen and oxygen atoms in total. The van der Waals surface area contributed by atoms with Crippen LogP contribution in [0.4, 0.5) is 0 Å². The molecule has 4 rings (SSSR count). The molecule has 2 aromatic carbocycles. The number of alkyl halides is 1. The molecule has 0 amide bonds. The van der Waals surface area contributed by atoms with Crippen LogP contribution in [0.15, 0.2) is 48.5 Å². The van der Waals surface area contributed by atoms with E-state index in [1.54, 1.807) is 0 Å². The topological polar surface area (TPSA) is 72.3 Å². The van der Waals surface area contributed by atoms with Gasteiger partial charge in [-0.2, -0.15) is 0 Å². The molecule has 0 aliphatic carbocycles. The Morgan fingerprint density at radius 2 is 1.93 bits per heavy atom. The van der Waals surface area contributed by atoms with E-state index in [9.17, 15) is 0 Å². The predicted molar refractivity (Wildman–Crippen MR) is 118 cm³/mol. The van der Waals surface area contributed by atoms with Crippen molar-refractivity contribution in [1.82, 2.24) is 29.9 Å². The second kappa shape index (κ2) is 9.09. The first-order valence-corrected chi connectivity index (χ1v) is 13.0. The van der Waals surface area contributed by atoms with Crippen molar-refractivity contribution in [1.29, 1.82) is 0 Å². The van der Waals surface area contributed by atoms with Crippen LogP contribution in [0.1, 0.15) is 18.7 Å². The summed E-state index contributed by atoms with van der Waals surface area (Å²) in [7, 11) is 2.04. The minimum atomic E-state index is -0.311. The van der Waals surface area contributed by atoms with Crippen molar-refractivity contribution in [3.63, 3.8) is 0 Å². The Morgan fingerprint density at radius 3 is 2.69 bits per heavy atom. The molecule has 0 radical (unpaired) electrons. The van der Waals surface area contributed by atoms with Crippen LogP contribution >= 0.6 is 34.2 Å². The van der Waals surface area contributed by atoms with Crippen molar-refractivity contribution in [2.24, 2.45) is 7.05 Å². The molecule has 2 aromatic heterocycles. The Morgan fingerprint density at radius 1 is 1.14 bits per heavy atom. The van der Waals surface area contributed by atoms with Gasteiger partial charge >= 0.3 is 199 Å². The van der Waals surface area contributed by atoms with Crippen molar-refractivity contribution >= 4 is 34.2 Å². The molecule has 0 aliphatic heterocycles. The van der Waals surface area contributed by atoms with Crippen molar-refractivity contribution < 1.29 is 21.2 Å². The fourth-order valence-corrected chi connectivity index (χ4v) is 5.81.